The van der Waals surface area contributed by atoms with Gasteiger partial charge >= 0.3 is 0 Å². The third-order valence-electron chi connectivity index (χ3n) is 2.12. The first kappa shape index (κ1) is 11.2. The standard InChI is InChI=1S/C10H19N3O/c1-5-8(11-4)10-13-12-9(14-10)6-7(2)3/h7-8,11H,5-6H2,1-4H3. The van der Waals surface area contributed by atoms with Crippen molar-refractivity contribution < 1.29 is 4.42 Å². The minimum Gasteiger partial charge on any atom is -0.424 e. The van der Waals surface area contributed by atoms with E-state index in [9.17, 15) is 0 Å². The molecule has 0 bridgehead atoms. The minimum absolute atomic E-state index is 0.184. The lowest BCUT2D eigenvalue weighted by atomic mass is 10.1. The molecule has 1 aromatic rings. The van der Waals surface area contributed by atoms with Crippen LogP contribution in [-0.4, -0.2) is 17.2 Å². The number of nitrogens with one attached hydrogen (secondary N) is 1. The van der Waals surface area contributed by atoms with Crippen molar-refractivity contribution in [1.82, 2.24) is 15.5 Å². The van der Waals surface area contributed by atoms with Gasteiger partial charge in [0.15, 0.2) is 0 Å². The molecule has 80 valence electrons. The molecule has 0 spiro atoms. The van der Waals surface area contributed by atoms with Crippen LogP contribution in [0.1, 0.15) is 45.0 Å². The monoisotopic (exact) mass is 197 g/mol. The van der Waals surface area contributed by atoms with Crippen molar-refractivity contribution in [2.24, 2.45) is 5.92 Å². The molecule has 14 heavy (non-hydrogen) atoms. The van der Waals surface area contributed by atoms with Crippen LogP contribution < -0.4 is 5.32 Å². The molecule has 1 heterocycles. The first-order valence-electron chi connectivity index (χ1n) is 5.16. The van der Waals surface area contributed by atoms with Crippen LogP contribution in [0.5, 0.6) is 0 Å². The molecule has 1 atom stereocenters. The first-order valence-corrected chi connectivity index (χ1v) is 5.16. The molecule has 0 aliphatic heterocycles. The van der Waals surface area contributed by atoms with Gasteiger partial charge in [-0.1, -0.05) is 20.8 Å². The van der Waals surface area contributed by atoms with E-state index in [1.165, 1.54) is 0 Å². The topological polar surface area (TPSA) is 51.0 Å². The molecular formula is C10H19N3O. The Labute approximate surface area is 85.1 Å². The average Bonchev–Trinajstić information content (AvgIpc) is 2.54. The molecule has 1 rings (SSSR count). The summed E-state index contributed by atoms with van der Waals surface area (Å²) < 4.78 is 5.55. The van der Waals surface area contributed by atoms with E-state index >= 15 is 0 Å². The molecule has 0 aromatic carbocycles. The summed E-state index contributed by atoms with van der Waals surface area (Å²) in [5.41, 5.74) is 0. The SMILES string of the molecule is CCC(NC)c1nnc(CC(C)C)o1. The Morgan fingerprint density at radius 2 is 2.07 bits per heavy atom. The van der Waals surface area contributed by atoms with E-state index in [1.54, 1.807) is 0 Å². The van der Waals surface area contributed by atoms with Gasteiger partial charge in [0.2, 0.25) is 11.8 Å². The smallest absolute Gasteiger partial charge is 0.233 e. The highest BCUT2D eigenvalue weighted by atomic mass is 16.4. The summed E-state index contributed by atoms with van der Waals surface area (Å²) >= 11 is 0. The van der Waals surface area contributed by atoms with Gasteiger partial charge in [-0.25, -0.2) is 0 Å². The largest absolute Gasteiger partial charge is 0.424 e. The Bertz CT molecular complexity index is 266. The van der Waals surface area contributed by atoms with Crippen LogP contribution in [0.2, 0.25) is 0 Å². The Hall–Kier alpha value is -0.900. The predicted molar refractivity (Wildman–Crippen MR) is 54.9 cm³/mol. The Morgan fingerprint density at radius 3 is 2.57 bits per heavy atom. The average molecular weight is 197 g/mol. The fourth-order valence-corrected chi connectivity index (χ4v) is 1.34. The van der Waals surface area contributed by atoms with Gasteiger partial charge in [0.05, 0.1) is 6.04 Å². The van der Waals surface area contributed by atoms with E-state index in [0.717, 1.165) is 18.7 Å². The van der Waals surface area contributed by atoms with Gasteiger partial charge in [0.25, 0.3) is 0 Å². The van der Waals surface area contributed by atoms with Crippen molar-refractivity contribution in [3.63, 3.8) is 0 Å². The number of rotatable bonds is 5. The molecule has 4 nitrogen and oxygen atoms in total. The van der Waals surface area contributed by atoms with Gasteiger partial charge in [-0.3, -0.25) is 0 Å². The minimum atomic E-state index is 0.184. The first-order chi connectivity index (χ1) is 6.67. The Morgan fingerprint density at radius 1 is 1.36 bits per heavy atom. The molecule has 0 amide bonds. The summed E-state index contributed by atoms with van der Waals surface area (Å²) in [5.74, 6) is 1.99. The molecule has 4 heteroatoms. The molecule has 1 N–H and O–H groups in total. The van der Waals surface area contributed by atoms with Gasteiger partial charge < -0.3 is 9.73 Å². The van der Waals surface area contributed by atoms with E-state index in [1.807, 2.05) is 7.05 Å². The lowest BCUT2D eigenvalue weighted by Crippen LogP contribution is -2.15. The quantitative estimate of drug-likeness (QED) is 0.783. The zero-order chi connectivity index (χ0) is 10.6. The number of hydrogen-bond donors (Lipinski definition) is 1. The fourth-order valence-electron chi connectivity index (χ4n) is 1.34. The van der Waals surface area contributed by atoms with E-state index in [4.69, 9.17) is 4.42 Å². The zero-order valence-corrected chi connectivity index (χ0v) is 9.37. The van der Waals surface area contributed by atoms with E-state index < -0.39 is 0 Å². The number of hydrogen-bond acceptors (Lipinski definition) is 4. The van der Waals surface area contributed by atoms with Gasteiger partial charge in [0, 0.05) is 6.42 Å². The van der Waals surface area contributed by atoms with Crippen molar-refractivity contribution in [2.75, 3.05) is 7.05 Å². The number of nitrogens with zero attached hydrogens (tertiary/aromatic N) is 2. The second-order valence-electron chi connectivity index (χ2n) is 3.88. The second kappa shape index (κ2) is 5.10. The Balaban J connectivity index is 2.66. The van der Waals surface area contributed by atoms with Crippen LogP contribution in [0.15, 0.2) is 4.42 Å². The van der Waals surface area contributed by atoms with Gasteiger partial charge in [0.1, 0.15) is 0 Å². The van der Waals surface area contributed by atoms with Crippen molar-refractivity contribution >= 4 is 0 Å². The van der Waals surface area contributed by atoms with E-state index in [0.29, 0.717) is 11.8 Å². The van der Waals surface area contributed by atoms with Crippen LogP contribution in [-0.2, 0) is 6.42 Å². The van der Waals surface area contributed by atoms with Crippen LogP contribution in [0.25, 0.3) is 0 Å². The molecule has 0 radical (unpaired) electrons. The summed E-state index contributed by atoms with van der Waals surface area (Å²) in [6, 6.07) is 0.184. The summed E-state index contributed by atoms with van der Waals surface area (Å²) in [7, 11) is 1.90. The van der Waals surface area contributed by atoms with Crippen molar-refractivity contribution in [1.29, 1.82) is 0 Å². The molecule has 1 aromatic heterocycles. The van der Waals surface area contributed by atoms with Crippen LogP contribution in [0.4, 0.5) is 0 Å². The predicted octanol–water partition coefficient (Wildman–Crippen LogP) is 1.94. The molecular weight excluding hydrogens is 178 g/mol. The third kappa shape index (κ3) is 2.80. The maximum atomic E-state index is 5.55. The van der Waals surface area contributed by atoms with Crippen LogP contribution in [0.3, 0.4) is 0 Å². The van der Waals surface area contributed by atoms with E-state index in [-0.39, 0.29) is 6.04 Å². The molecule has 0 aliphatic rings. The van der Waals surface area contributed by atoms with Crippen molar-refractivity contribution in [2.45, 2.75) is 39.7 Å². The summed E-state index contributed by atoms with van der Waals surface area (Å²) in [6.07, 6.45) is 1.81. The summed E-state index contributed by atoms with van der Waals surface area (Å²) in [6.45, 7) is 6.37. The van der Waals surface area contributed by atoms with E-state index in [2.05, 4.69) is 36.3 Å². The Kier molecular flexibility index (Phi) is 4.07. The van der Waals surface area contributed by atoms with Gasteiger partial charge in [-0.2, -0.15) is 0 Å². The maximum Gasteiger partial charge on any atom is 0.233 e. The second-order valence-corrected chi connectivity index (χ2v) is 3.88. The summed E-state index contributed by atoms with van der Waals surface area (Å²) in [5, 5.41) is 11.2. The van der Waals surface area contributed by atoms with Gasteiger partial charge in [-0.05, 0) is 19.4 Å². The normalized spacial score (nSPS) is 13.5. The van der Waals surface area contributed by atoms with Crippen molar-refractivity contribution in [3.05, 3.63) is 11.8 Å². The highest BCUT2D eigenvalue weighted by Crippen LogP contribution is 2.15. The molecule has 0 aliphatic carbocycles. The molecule has 0 saturated heterocycles. The lowest BCUT2D eigenvalue weighted by Gasteiger charge is -2.07. The van der Waals surface area contributed by atoms with Crippen molar-refractivity contribution in [3.8, 4) is 0 Å². The van der Waals surface area contributed by atoms with Crippen LogP contribution >= 0.6 is 0 Å². The summed E-state index contributed by atoms with van der Waals surface area (Å²) in [4.78, 5) is 0. The molecule has 0 saturated carbocycles. The zero-order valence-electron chi connectivity index (χ0n) is 9.37. The molecule has 0 fully saturated rings. The lowest BCUT2D eigenvalue weighted by molar-refractivity contribution is 0.375. The number of aromatic nitrogens is 2. The van der Waals surface area contributed by atoms with Crippen LogP contribution in [0, 0.1) is 5.92 Å². The molecule has 1 unspecified atom stereocenters. The fraction of sp³-hybridized carbons (Fsp3) is 0.800. The van der Waals surface area contributed by atoms with Gasteiger partial charge in [-0.15, -0.1) is 10.2 Å². The highest BCUT2D eigenvalue weighted by Gasteiger charge is 2.14. The maximum absolute atomic E-state index is 5.55. The highest BCUT2D eigenvalue weighted by molar-refractivity contribution is 4.89. The third-order valence-corrected chi connectivity index (χ3v) is 2.12.